The molecule has 7 nitrogen and oxygen atoms in total. The van der Waals surface area contributed by atoms with Gasteiger partial charge in [0.25, 0.3) is 5.91 Å². The summed E-state index contributed by atoms with van der Waals surface area (Å²) in [6, 6.07) is 8.03. The van der Waals surface area contributed by atoms with E-state index >= 15 is 0 Å². The Morgan fingerprint density at radius 3 is 2.69 bits per heavy atom. The third kappa shape index (κ3) is 4.66. The molecule has 0 saturated heterocycles. The number of anilines is 1. The summed E-state index contributed by atoms with van der Waals surface area (Å²) in [7, 11) is -2.84. The molecule has 29 heavy (non-hydrogen) atoms. The Balaban J connectivity index is 2.11. The summed E-state index contributed by atoms with van der Waals surface area (Å²) < 4.78 is 18.4. The van der Waals surface area contributed by atoms with Gasteiger partial charge in [-0.05, 0) is 52.7 Å². The minimum Gasteiger partial charge on any atom is -0.319 e. The lowest BCUT2D eigenvalue weighted by Crippen LogP contribution is -2.19. The second-order valence-corrected chi connectivity index (χ2v) is 10.7. The second kappa shape index (κ2) is 8.73. The molecule has 2 heterocycles. The number of rotatable bonds is 4. The molecule has 1 aromatic carbocycles. The third-order valence-corrected chi connectivity index (χ3v) is 7.85. The van der Waals surface area contributed by atoms with Crippen molar-refractivity contribution in [2.75, 3.05) is 11.6 Å². The van der Waals surface area contributed by atoms with Crippen molar-refractivity contribution in [1.29, 1.82) is 0 Å². The van der Waals surface area contributed by atoms with E-state index in [4.69, 9.17) is 23.2 Å². The van der Waals surface area contributed by atoms with Crippen LogP contribution in [-0.2, 0) is 9.73 Å². The predicted molar refractivity (Wildman–Crippen MR) is 122 cm³/mol. The Kier molecular flexibility index (Phi) is 6.69. The maximum absolute atomic E-state index is 13.1. The molecule has 12 heteroatoms. The number of aryl methyl sites for hydroxylation is 1. The molecule has 0 aliphatic heterocycles. The molecule has 0 aliphatic carbocycles. The van der Waals surface area contributed by atoms with E-state index in [0.29, 0.717) is 36.6 Å². The lowest BCUT2D eigenvalue weighted by molar-refractivity contribution is 0.101. The zero-order valence-corrected chi connectivity index (χ0v) is 20.5. The maximum atomic E-state index is 13.1. The maximum Gasteiger partial charge on any atom is 0.274 e. The average molecular weight is 582 g/mol. The molecular formula is C17H13Br2Cl2N5O2S. The van der Waals surface area contributed by atoms with Crippen LogP contribution in [0.1, 0.15) is 16.1 Å². The van der Waals surface area contributed by atoms with Gasteiger partial charge in [0.05, 0.1) is 41.5 Å². The van der Waals surface area contributed by atoms with Gasteiger partial charge in [-0.1, -0.05) is 23.2 Å². The van der Waals surface area contributed by atoms with Crippen molar-refractivity contribution in [3.8, 4) is 5.82 Å². The van der Waals surface area contributed by atoms with Gasteiger partial charge in [0.1, 0.15) is 10.3 Å². The fraction of sp³-hybridized carbons (Fsp3) is 0.118. The van der Waals surface area contributed by atoms with Crippen LogP contribution in [0.5, 0.6) is 0 Å². The SMILES string of the molecule is Cc1cc(Cl)cc(S(C)(=O)=NBr)c1NC(=O)c1cc(Br)nn1-c1ncccc1Cl. The lowest BCUT2D eigenvalue weighted by Gasteiger charge is -2.15. The lowest BCUT2D eigenvalue weighted by atomic mass is 10.2. The summed E-state index contributed by atoms with van der Waals surface area (Å²) in [5, 5.41) is 7.76. The highest BCUT2D eigenvalue weighted by Crippen LogP contribution is 2.32. The van der Waals surface area contributed by atoms with Gasteiger partial charge in [0, 0.05) is 23.5 Å². The summed E-state index contributed by atoms with van der Waals surface area (Å²) in [6.07, 6.45) is 2.99. The first-order valence-corrected chi connectivity index (χ1v) is 12.1. The van der Waals surface area contributed by atoms with Gasteiger partial charge >= 0.3 is 0 Å². The molecule has 0 radical (unpaired) electrons. The number of benzene rings is 1. The number of nitrogens with zero attached hydrogens (tertiary/aromatic N) is 4. The molecule has 2 aromatic heterocycles. The topological polar surface area (TPSA) is 89.2 Å². The minimum atomic E-state index is -2.84. The van der Waals surface area contributed by atoms with Crippen LogP contribution in [0.25, 0.3) is 5.82 Å². The average Bonchev–Trinajstić information content (AvgIpc) is 3.05. The molecule has 0 saturated carbocycles. The van der Waals surface area contributed by atoms with Crippen LogP contribution in [0, 0.1) is 6.92 Å². The van der Waals surface area contributed by atoms with Gasteiger partial charge < -0.3 is 5.32 Å². The quantitative estimate of drug-likeness (QED) is 0.430. The van der Waals surface area contributed by atoms with Crippen LogP contribution in [0.3, 0.4) is 0 Å². The highest BCUT2D eigenvalue weighted by Gasteiger charge is 2.22. The first kappa shape index (κ1) is 22.2. The van der Waals surface area contributed by atoms with Crippen LogP contribution in [-0.4, -0.2) is 31.1 Å². The van der Waals surface area contributed by atoms with Crippen molar-refractivity contribution in [1.82, 2.24) is 14.8 Å². The van der Waals surface area contributed by atoms with Crippen molar-refractivity contribution in [2.24, 2.45) is 3.39 Å². The Morgan fingerprint density at radius 2 is 2.03 bits per heavy atom. The van der Waals surface area contributed by atoms with Gasteiger partial charge in [0.15, 0.2) is 5.82 Å². The third-order valence-electron chi connectivity index (χ3n) is 3.89. The molecule has 3 rings (SSSR count). The second-order valence-electron chi connectivity index (χ2n) is 5.99. The molecule has 1 atom stereocenters. The van der Waals surface area contributed by atoms with E-state index < -0.39 is 15.6 Å². The number of aromatic nitrogens is 3. The normalized spacial score (nSPS) is 13.0. The summed E-state index contributed by atoms with van der Waals surface area (Å²) in [5.74, 6) is -0.200. The number of nitrogens with one attached hydrogen (secondary N) is 1. The largest absolute Gasteiger partial charge is 0.319 e. The predicted octanol–water partition coefficient (Wildman–Crippen LogP) is 5.66. The van der Waals surface area contributed by atoms with Crippen molar-refractivity contribution < 1.29 is 9.00 Å². The zero-order valence-electron chi connectivity index (χ0n) is 15.0. The highest BCUT2D eigenvalue weighted by atomic mass is 79.9. The van der Waals surface area contributed by atoms with Crippen molar-refractivity contribution in [3.05, 3.63) is 62.4 Å². The summed E-state index contributed by atoms with van der Waals surface area (Å²) in [4.78, 5) is 17.6. The zero-order chi connectivity index (χ0) is 21.3. The number of hydrogen-bond acceptors (Lipinski definition) is 5. The Bertz CT molecular complexity index is 1240. The smallest absolute Gasteiger partial charge is 0.274 e. The number of pyridine rings is 1. The van der Waals surface area contributed by atoms with Crippen LogP contribution in [0.2, 0.25) is 10.0 Å². The Labute approximate surface area is 194 Å². The minimum absolute atomic E-state index is 0.177. The van der Waals surface area contributed by atoms with E-state index in [9.17, 15) is 9.00 Å². The molecule has 0 bridgehead atoms. The molecule has 1 N–H and O–H groups in total. The van der Waals surface area contributed by atoms with E-state index in [-0.39, 0.29) is 5.69 Å². The molecule has 0 spiro atoms. The van der Waals surface area contributed by atoms with Gasteiger partial charge in [-0.25, -0.2) is 13.9 Å². The van der Waals surface area contributed by atoms with Crippen molar-refractivity contribution >= 4 is 76.6 Å². The highest BCUT2D eigenvalue weighted by molar-refractivity contribution is 9.10. The number of carbonyl (C=O) groups excluding carboxylic acids is 1. The molecule has 1 amide bonds. The molecule has 0 aliphatic rings. The summed E-state index contributed by atoms with van der Waals surface area (Å²) in [6.45, 7) is 1.75. The number of halogens is 4. The van der Waals surface area contributed by atoms with Crippen LogP contribution in [0.15, 0.2) is 49.4 Å². The van der Waals surface area contributed by atoms with Gasteiger partial charge in [-0.15, -0.1) is 0 Å². The molecule has 1 unspecified atom stereocenters. The van der Waals surface area contributed by atoms with Gasteiger partial charge in [-0.2, -0.15) is 8.49 Å². The molecule has 3 aromatic rings. The van der Waals surface area contributed by atoms with Crippen LogP contribution >= 0.6 is 55.3 Å². The standard InChI is InChI=1S/C17H13Br2Cl2N5O2S/c1-9-6-10(20)7-13(29(2,28)25-19)15(9)23-17(27)12-8-14(18)24-26(12)16-11(21)4-3-5-22-16/h3-8H,1-2H3,(H,23,27). The molecule has 0 fully saturated rings. The Hall–Kier alpha value is -1.46. The van der Waals surface area contributed by atoms with E-state index in [2.05, 4.69) is 50.9 Å². The van der Waals surface area contributed by atoms with Gasteiger partial charge in [-0.3, -0.25) is 4.79 Å². The van der Waals surface area contributed by atoms with Crippen LogP contribution in [0.4, 0.5) is 5.69 Å². The molecular weight excluding hydrogens is 569 g/mol. The number of hydrogen-bond donors (Lipinski definition) is 1. The number of amides is 1. The van der Waals surface area contributed by atoms with E-state index in [1.165, 1.54) is 23.1 Å². The summed E-state index contributed by atoms with van der Waals surface area (Å²) in [5.41, 5.74) is 1.16. The van der Waals surface area contributed by atoms with Gasteiger partial charge in [0.2, 0.25) is 0 Å². The summed E-state index contributed by atoms with van der Waals surface area (Å²) >= 11 is 18.5. The van der Waals surface area contributed by atoms with E-state index in [0.717, 1.165) is 0 Å². The van der Waals surface area contributed by atoms with E-state index in [1.807, 2.05) is 0 Å². The van der Waals surface area contributed by atoms with Crippen molar-refractivity contribution in [3.63, 3.8) is 0 Å². The Morgan fingerprint density at radius 1 is 1.31 bits per heavy atom. The fourth-order valence-electron chi connectivity index (χ4n) is 2.59. The van der Waals surface area contributed by atoms with Crippen molar-refractivity contribution in [2.45, 2.75) is 11.8 Å². The van der Waals surface area contributed by atoms with E-state index in [1.54, 1.807) is 31.3 Å². The first-order valence-electron chi connectivity index (χ1n) is 7.94. The molecule has 152 valence electrons. The first-order chi connectivity index (χ1) is 13.6. The van der Waals surface area contributed by atoms with Crippen LogP contribution < -0.4 is 5.32 Å². The monoisotopic (exact) mass is 579 g/mol. The number of carbonyl (C=O) groups is 1. The fourth-order valence-corrected chi connectivity index (χ4v) is 4.99.